The first kappa shape index (κ1) is 24.2. The van der Waals surface area contributed by atoms with Gasteiger partial charge in [-0.3, -0.25) is 4.79 Å². The number of hydrogen-bond acceptors (Lipinski definition) is 6. The number of halogens is 1. The summed E-state index contributed by atoms with van der Waals surface area (Å²) in [5, 5.41) is 16.2. The number of carbonyl (C=O) groups is 1. The molecule has 2 N–H and O–H groups in total. The van der Waals surface area contributed by atoms with Crippen LogP contribution in [-0.2, 0) is 6.54 Å². The number of likely N-dealkylation sites (tertiary alicyclic amines) is 2. The van der Waals surface area contributed by atoms with Crippen molar-refractivity contribution in [2.45, 2.75) is 44.7 Å². The minimum absolute atomic E-state index is 0.0220. The molecule has 2 fully saturated rings. The van der Waals surface area contributed by atoms with Crippen LogP contribution in [0.25, 0.3) is 0 Å². The lowest BCUT2D eigenvalue weighted by atomic mass is 10.0. The fraction of sp³-hybridized carbons (Fsp3) is 0.423. The van der Waals surface area contributed by atoms with E-state index >= 15 is 0 Å². The lowest BCUT2D eigenvalue weighted by Gasteiger charge is -2.26. The van der Waals surface area contributed by atoms with E-state index in [-0.39, 0.29) is 34.0 Å². The Labute approximate surface area is 205 Å². The molecule has 1 amide bonds. The molecule has 0 aliphatic carbocycles. The molecule has 4 rings (SSSR count). The smallest absolute Gasteiger partial charge is 0.256 e. The zero-order valence-electron chi connectivity index (χ0n) is 19.3. The van der Waals surface area contributed by atoms with Gasteiger partial charge in [-0.05, 0) is 61.0 Å². The molecule has 0 bridgehead atoms. The Balaban J connectivity index is 1.34. The summed E-state index contributed by atoms with van der Waals surface area (Å²) in [5.41, 5.74) is 3.54. The number of allylic oxidation sites excluding steroid dienone is 1. The number of nitroso groups, excluding NO2 is 1. The van der Waals surface area contributed by atoms with Crippen molar-refractivity contribution in [3.63, 3.8) is 0 Å². The number of nitrogens with zero attached hydrogens (tertiary/aromatic N) is 3. The van der Waals surface area contributed by atoms with Crippen LogP contribution in [0.1, 0.15) is 59.6 Å². The second-order valence-corrected chi connectivity index (χ2v) is 9.40. The predicted molar refractivity (Wildman–Crippen MR) is 134 cm³/mol. The first-order chi connectivity index (χ1) is 16.5. The van der Waals surface area contributed by atoms with E-state index in [0.717, 1.165) is 63.5 Å². The molecule has 2 saturated heterocycles. The van der Waals surface area contributed by atoms with Gasteiger partial charge in [0.1, 0.15) is 11.4 Å². The number of rotatable bonds is 9. The molecule has 0 aromatic heterocycles. The van der Waals surface area contributed by atoms with Gasteiger partial charge in [-0.1, -0.05) is 42.4 Å². The Morgan fingerprint density at radius 1 is 1.21 bits per heavy atom. The SMILES string of the molecule is C=C1CCCN1CCCNCc1ccc(C2CCCN2C(=O)c2cc(Cl)c(O)cc2N=O)cc1. The lowest BCUT2D eigenvalue weighted by molar-refractivity contribution is 0.0736. The summed E-state index contributed by atoms with van der Waals surface area (Å²) in [7, 11) is 0. The number of hydrogen-bond donors (Lipinski definition) is 2. The van der Waals surface area contributed by atoms with Crippen LogP contribution in [0.5, 0.6) is 5.75 Å². The molecule has 180 valence electrons. The number of aromatic hydroxyl groups is 1. The molecule has 2 aromatic carbocycles. The summed E-state index contributed by atoms with van der Waals surface area (Å²) < 4.78 is 0. The maximum atomic E-state index is 13.2. The Hall–Kier alpha value is -2.90. The zero-order valence-corrected chi connectivity index (χ0v) is 20.1. The van der Waals surface area contributed by atoms with Gasteiger partial charge in [-0.2, -0.15) is 0 Å². The van der Waals surface area contributed by atoms with Crippen molar-refractivity contribution in [2.75, 3.05) is 26.2 Å². The van der Waals surface area contributed by atoms with Crippen LogP contribution < -0.4 is 5.32 Å². The van der Waals surface area contributed by atoms with E-state index in [9.17, 15) is 14.8 Å². The van der Waals surface area contributed by atoms with Gasteiger partial charge in [0.05, 0.1) is 16.6 Å². The van der Waals surface area contributed by atoms with Crippen molar-refractivity contribution in [3.8, 4) is 5.75 Å². The second-order valence-electron chi connectivity index (χ2n) is 9.00. The quantitative estimate of drug-likeness (QED) is 0.363. The van der Waals surface area contributed by atoms with E-state index < -0.39 is 0 Å². The molecule has 1 atom stereocenters. The summed E-state index contributed by atoms with van der Waals surface area (Å²) >= 11 is 5.99. The Morgan fingerprint density at radius 3 is 2.71 bits per heavy atom. The van der Waals surface area contributed by atoms with E-state index in [0.29, 0.717) is 6.54 Å². The van der Waals surface area contributed by atoms with E-state index in [2.05, 4.69) is 46.2 Å². The fourth-order valence-electron chi connectivity index (χ4n) is 4.85. The normalized spacial score (nSPS) is 18.0. The molecule has 1 unspecified atom stereocenters. The maximum Gasteiger partial charge on any atom is 0.256 e. The number of phenols is 1. The number of phenolic OH excluding ortho intramolecular Hbond substituents is 1. The Kier molecular flexibility index (Phi) is 7.85. The van der Waals surface area contributed by atoms with Crippen LogP contribution in [0.2, 0.25) is 5.02 Å². The van der Waals surface area contributed by atoms with Crippen LogP contribution in [0.3, 0.4) is 0 Å². The molecule has 0 spiro atoms. The summed E-state index contributed by atoms with van der Waals surface area (Å²) in [6, 6.07) is 10.7. The van der Waals surface area contributed by atoms with Gasteiger partial charge < -0.3 is 20.2 Å². The minimum Gasteiger partial charge on any atom is -0.506 e. The highest BCUT2D eigenvalue weighted by molar-refractivity contribution is 6.32. The Morgan fingerprint density at radius 2 is 2.00 bits per heavy atom. The van der Waals surface area contributed by atoms with Gasteiger partial charge in [0, 0.05) is 37.9 Å². The van der Waals surface area contributed by atoms with Crippen molar-refractivity contribution in [1.82, 2.24) is 15.1 Å². The molecule has 2 aliphatic heterocycles. The third kappa shape index (κ3) is 5.42. The largest absolute Gasteiger partial charge is 0.506 e. The predicted octanol–water partition coefficient (Wildman–Crippen LogP) is 5.51. The van der Waals surface area contributed by atoms with E-state index in [1.165, 1.54) is 23.7 Å². The molecular weight excluding hydrogens is 452 g/mol. The van der Waals surface area contributed by atoms with Gasteiger partial charge in [0.15, 0.2) is 0 Å². The zero-order chi connectivity index (χ0) is 24.1. The van der Waals surface area contributed by atoms with Gasteiger partial charge in [0.25, 0.3) is 5.91 Å². The average molecular weight is 483 g/mol. The lowest BCUT2D eigenvalue weighted by Crippen LogP contribution is -2.30. The van der Waals surface area contributed by atoms with Gasteiger partial charge >= 0.3 is 0 Å². The van der Waals surface area contributed by atoms with Crippen LogP contribution >= 0.6 is 11.6 Å². The topological polar surface area (TPSA) is 85.2 Å². The highest BCUT2D eigenvalue weighted by Crippen LogP contribution is 2.37. The maximum absolute atomic E-state index is 13.2. The summed E-state index contributed by atoms with van der Waals surface area (Å²) in [4.78, 5) is 28.6. The minimum atomic E-state index is -0.301. The molecule has 7 nitrogen and oxygen atoms in total. The van der Waals surface area contributed by atoms with Crippen LogP contribution in [0, 0.1) is 4.91 Å². The summed E-state index contributed by atoms with van der Waals surface area (Å²) in [6.45, 7) is 8.66. The molecule has 0 radical (unpaired) electrons. The fourth-order valence-corrected chi connectivity index (χ4v) is 5.02. The van der Waals surface area contributed by atoms with E-state index in [4.69, 9.17) is 11.6 Å². The summed E-state index contributed by atoms with van der Waals surface area (Å²) in [6.07, 6.45) is 5.16. The van der Waals surface area contributed by atoms with Gasteiger partial charge in [-0.15, -0.1) is 4.91 Å². The number of benzene rings is 2. The van der Waals surface area contributed by atoms with E-state index in [1.807, 2.05) is 0 Å². The summed E-state index contributed by atoms with van der Waals surface area (Å²) in [5.74, 6) is -0.568. The molecule has 34 heavy (non-hydrogen) atoms. The number of nitrogens with one attached hydrogen (secondary N) is 1. The van der Waals surface area contributed by atoms with Gasteiger partial charge in [0.2, 0.25) is 0 Å². The standard InChI is InChI=1S/C26H31ClN4O3/c1-18-5-2-12-30(18)13-4-11-28-17-19-7-9-20(10-8-19)24-6-3-14-31(24)26(33)21-15-22(27)25(32)16-23(21)29-34/h7-10,15-16,24,28,32H,1-6,11-14,17H2. The molecule has 2 aliphatic rings. The third-order valence-electron chi connectivity index (χ3n) is 6.72. The first-order valence-corrected chi connectivity index (χ1v) is 12.2. The molecule has 2 heterocycles. The van der Waals surface area contributed by atoms with Gasteiger partial charge in [-0.25, -0.2) is 0 Å². The molecule has 8 heteroatoms. The molecule has 0 saturated carbocycles. The van der Waals surface area contributed by atoms with Crippen molar-refractivity contribution in [1.29, 1.82) is 0 Å². The third-order valence-corrected chi connectivity index (χ3v) is 7.03. The van der Waals surface area contributed by atoms with E-state index in [1.54, 1.807) is 4.90 Å². The second kappa shape index (κ2) is 11.0. The van der Waals surface area contributed by atoms with Crippen molar-refractivity contribution >= 4 is 23.2 Å². The van der Waals surface area contributed by atoms with Crippen LogP contribution in [0.15, 0.2) is 53.9 Å². The van der Waals surface area contributed by atoms with Crippen molar-refractivity contribution in [2.24, 2.45) is 5.18 Å². The Bertz CT molecular complexity index is 1060. The highest BCUT2D eigenvalue weighted by Gasteiger charge is 2.32. The van der Waals surface area contributed by atoms with Crippen molar-refractivity contribution < 1.29 is 9.90 Å². The van der Waals surface area contributed by atoms with Crippen LogP contribution in [0.4, 0.5) is 5.69 Å². The number of amides is 1. The molecule has 2 aromatic rings. The van der Waals surface area contributed by atoms with Crippen molar-refractivity contribution in [3.05, 3.63) is 75.3 Å². The first-order valence-electron chi connectivity index (χ1n) is 11.9. The number of carbonyl (C=O) groups excluding carboxylic acids is 1. The monoisotopic (exact) mass is 482 g/mol. The highest BCUT2D eigenvalue weighted by atomic mass is 35.5. The van der Waals surface area contributed by atoms with Crippen LogP contribution in [-0.4, -0.2) is 47.0 Å². The average Bonchev–Trinajstić information content (AvgIpc) is 3.49. The molecular formula is C26H31ClN4O3.